The van der Waals surface area contributed by atoms with Gasteiger partial charge in [-0.25, -0.2) is 4.39 Å². The highest BCUT2D eigenvalue weighted by Gasteiger charge is 2.15. The summed E-state index contributed by atoms with van der Waals surface area (Å²) in [7, 11) is 0. The van der Waals surface area contributed by atoms with Crippen LogP contribution in [0.25, 0.3) is 0 Å². The summed E-state index contributed by atoms with van der Waals surface area (Å²) in [5.41, 5.74) is -0.0664. The molecule has 5 nitrogen and oxygen atoms in total. The molecule has 0 aliphatic rings. The van der Waals surface area contributed by atoms with Crippen molar-refractivity contribution in [2.75, 3.05) is 0 Å². The Morgan fingerprint density at radius 3 is 2.57 bits per heavy atom. The summed E-state index contributed by atoms with van der Waals surface area (Å²) in [6, 6.07) is 7.39. The standard InChI is InChI=1S/C14H11F2NO4/c15-11-3-1-2-10(7-18)14(11)21-8-9-4-5-13(17(19)20)12(16)6-9/h1-6,18H,7-8H2. The maximum absolute atomic E-state index is 13.6. The van der Waals surface area contributed by atoms with Gasteiger partial charge in [-0.15, -0.1) is 0 Å². The second kappa shape index (κ2) is 6.27. The van der Waals surface area contributed by atoms with Crippen molar-refractivity contribution in [3.8, 4) is 5.75 Å². The molecular formula is C14H11F2NO4. The second-order valence-electron chi connectivity index (χ2n) is 4.22. The van der Waals surface area contributed by atoms with E-state index < -0.39 is 28.9 Å². The molecule has 0 aliphatic carbocycles. The van der Waals surface area contributed by atoms with Gasteiger partial charge in [0, 0.05) is 11.6 Å². The molecular weight excluding hydrogens is 284 g/mol. The molecule has 0 heterocycles. The lowest BCUT2D eigenvalue weighted by Gasteiger charge is -2.11. The first-order valence-electron chi connectivity index (χ1n) is 5.96. The van der Waals surface area contributed by atoms with Crippen LogP contribution in [0.4, 0.5) is 14.5 Å². The minimum Gasteiger partial charge on any atom is -0.485 e. The van der Waals surface area contributed by atoms with Crippen molar-refractivity contribution >= 4 is 5.69 Å². The predicted molar refractivity (Wildman–Crippen MR) is 69.7 cm³/mol. The number of halogens is 2. The van der Waals surface area contributed by atoms with Gasteiger partial charge in [0.2, 0.25) is 5.82 Å². The van der Waals surface area contributed by atoms with E-state index in [1.165, 1.54) is 24.3 Å². The zero-order valence-electron chi connectivity index (χ0n) is 10.8. The van der Waals surface area contributed by atoms with Crippen LogP contribution in [-0.4, -0.2) is 10.0 Å². The van der Waals surface area contributed by atoms with Crippen LogP contribution in [0.5, 0.6) is 5.75 Å². The third kappa shape index (κ3) is 3.32. The number of aliphatic hydroxyl groups excluding tert-OH is 1. The average molecular weight is 295 g/mol. The highest BCUT2D eigenvalue weighted by atomic mass is 19.1. The number of rotatable bonds is 5. The first kappa shape index (κ1) is 14.9. The number of nitro benzene ring substituents is 1. The second-order valence-corrected chi connectivity index (χ2v) is 4.22. The molecule has 110 valence electrons. The molecule has 0 spiro atoms. The maximum atomic E-state index is 13.6. The summed E-state index contributed by atoms with van der Waals surface area (Å²) in [5.74, 6) is -1.76. The van der Waals surface area contributed by atoms with E-state index in [1.54, 1.807) is 0 Å². The van der Waals surface area contributed by atoms with Crippen molar-refractivity contribution in [2.45, 2.75) is 13.2 Å². The van der Waals surface area contributed by atoms with Gasteiger partial charge >= 0.3 is 5.69 Å². The largest absolute Gasteiger partial charge is 0.485 e. The fourth-order valence-corrected chi connectivity index (χ4v) is 1.78. The SMILES string of the molecule is O=[N+]([O-])c1ccc(COc2c(F)cccc2CO)cc1F. The summed E-state index contributed by atoms with van der Waals surface area (Å²) in [4.78, 5) is 9.66. The number of nitro groups is 1. The van der Waals surface area contributed by atoms with E-state index in [-0.39, 0.29) is 17.9 Å². The first-order valence-corrected chi connectivity index (χ1v) is 5.96. The Morgan fingerprint density at radius 1 is 1.19 bits per heavy atom. The maximum Gasteiger partial charge on any atom is 0.304 e. The van der Waals surface area contributed by atoms with Crippen LogP contribution in [0.1, 0.15) is 11.1 Å². The fraction of sp³-hybridized carbons (Fsp3) is 0.143. The van der Waals surface area contributed by atoms with Crippen molar-refractivity contribution in [3.05, 3.63) is 69.3 Å². The quantitative estimate of drug-likeness (QED) is 0.680. The molecule has 1 N–H and O–H groups in total. The lowest BCUT2D eigenvalue weighted by molar-refractivity contribution is -0.387. The molecule has 2 rings (SSSR count). The van der Waals surface area contributed by atoms with E-state index in [0.29, 0.717) is 5.56 Å². The Kier molecular flexibility index (Phi) is 4.44. The van der Waals surface area contributed by atoms with Crippen molar-refractivity contribution in [1.29, 1.82) is 0 Å². The minimum absolute atomic E-state index is 0.126. The van der Waals surface area contributed by atoms with Crippen LogP contribution < -0.4 is 4.74 Å². The topological polar surface area (TPSA) is 72.6 Å². The van der Waals surface area contributed by atoms with Crippen LogP contribution in [0, 0.1) is 21.7 Å². The molecule has 0 atom stereocenters. The molecule has 21 heavy (non-hydrogen) atoms. The molecule has 0 aromatic heterocycles. The molecule has 0 radical (unpaired) electrons. The highest BCUT2D eigenvalue weighted by molar-refractivity contribution is 5.37. The van der Waals surface area contributed by atoms with Crippen LogP contribution in [0.3, 0.4) is 0 Å². The van der Waals surface area contributed by atoms with Crippen LogP contribution in [-0.2, 0) is 13.2 Å². The highest BCUT2D eigenvalue weighted by Crippen LogP contribution is 2.24. The number of benzene rings is 2. The third-order valence-electron chi connectivity index (χ3n) is 2.81. The summed E-state index contributed by atoms with van der Waals surface area (Å²) in [6.45, 7) is -0.579. The molecule has 0 aliphatic heterocycles. The molecule has 0 amide bonds. The molecule has 0 saturated carbocycles. The van der Waals surface area contributed by atoms with Crippen LogP contribution in [0.2, 0.25) is 0 Å². The minimum atomic E-state index is -0.989. The van der Waals surface area contributed by atoms with E-state index >= 15 is 0 Å². The van der Waals surface area contributed by atoms with E-state index in [2.05, 4.69) is 0 Å². The van der Waals surface area contributed by atoms with Crippen molar-refractivity contribution in [1.82, 2.24) is 0 Å². The van der Waals surface area contributed by atoms with E-state index in [0.717, 1.165) is 12.1 Å². The average Bonchev–Trinajstić information content (AvgIpc) is 2.45. The number of aliphatic hydroxyl groups is 1. The Morgan fingerprint density at radius 2 is 1.95 bits per heavy atom. The summed E-state index contributed by atoms with van der Waals surface area (Å²) < 4.78 is 32.3. The molecule has 0 bridgehead atoms. The van der Waals surface area contributed by atoms with Gasteiger partial charge in [-0.05, 0) is 23.8 Å². The molecule has 2 aromatic carbocycles. The predicted octanol–water partition coefficient (Wildman–Crippen LogP) is 2.94. The van der Waals surface area contributed by atoms with Gasteiger partial charge in [0.05, 0.1) is 11.5 Å². The lowest BCUT2D eigenvalue weighted by atomic mass is 10.2. The van der Waals surface area contributed by atoms with E-state index in [1.807, 2.05) is 0 Å². The Bertz CT molecular complexity index is 676. The summed E-state index contributed by atoms with van der Waals surface area (Å²) in [5, 5.41) is 19.6. The summed E-state index contributed by atoms with van der Waals surface area (Å²) >= 11 is 0. The van der Waals surface area contributed by atoms with E-state index in [4.69, 9.17) is 9.84 Å². The number of hydrogen-bond acceptors (Lipinski definition) is 4. The van der Waals surface area contributed by atoms with Crippen LogP contribution >= 0.6 is 0 Å². The Hall–Kier alpha value is -2.54. The zero-order chi connectivity index (χ0) is 15.4. The molecule has 0 fully saturated rings. The number of hydrogen-bond donors (Lipinski definition) is 1. The van der Waals surface area contributed by atoms with Gasteiger partial charge in [0.1, 0.15) is 6.61 Å². The Labute approximate surface area is 118 Å². The van der Waals surface area contributed by atoms with E-state index in [9.17, 15) is 18.9 Å². The number of nitrogens with zero attached hydrogens (tertiary/aromatic N) is 1. The zero-order valence-corrected chi connectivity index (χ0v) is 10.8. The summed E-state index contributed by atoms with van der Waals surface area (Å²) in [6.07, 6.45) is 0. The Balaban J connectivity index is 2.17. The van der Waals surface area contributed by atoms with Crippen molar-refractivity contribution in [3.63, 3.8) is 0 Å². The monoisotopic (exact) mass is 295 g/mol. The van der Waals surface area contributed by atoms with Gasteiger partial charge in [0.15, 0.2) is 11.6 Å². The number of para-hydroxylation sites is 1. The number of ether oxygens (including phenoxy) is 1. The lowest BCUT2D eigenvalue weighted by Crippen LogP contribution is -2.02. The van der Waals surface area contributed by atoms with Crippen LogP contribution in [0.15, 0.2) is 36.4 Å². The van der Waals surface area contributed by atoms with Crippen molar-refractivity contribution < 1.29 is 23.5 Å². The van der Waals surface area contributed by atoms with Gasteiger partial charge in [-0.3, -0.25) is 10.1 Å². The molecule has 2 aromatic rings. The van der Waals surface area contributed by atoms with Crippen molar-refractivity contribution in [2.24, 2.45) is 0 Å². The van der Waals surface area contributed by atoms with Gasteiger partial charge < -0.3 is 9.84 Å². The third-order valence-corrected chi connectivity index (χ3v) is 2.81. The van der Waals surface area contributed by atoms with Gasteiger partial charge in [-0.2, -0.15) is 4.39 Å². The van der Waals surface area contributed by atoms with Gasteiger partial charge in [-0.1, -0.05) is 12.1 Å². The molecule has 7 heteroatoms. The fourth-order valence-electron chi connectivity index (χ4n) is 1.78. The smallest absolute Gasteiger partial charge is 0.304 e. The normalized spacial score (nSPS) is 10.4. The van der Waals surface area contributed by atoms with Gasteiger partial charge in [0.25, 0.3) is 0 Å². The molecule has 0 unspecified atom stereocenters. The first-order chi connectivity index (χ1) is 10.0. The molecule has 0 saturated heterocycles.